The maximum Gasteiger partial charge on any atom is 0.0805 e. The van der Waals surface area contributed by atoms with E-state index in [0.29, 0.717) is 19.1 Å². The Morgan fingerprint density at radius 3 is 2.67 bits per heavy atom. The molecule has 0 bridgehead atoms. The van der Waals surface area contributed by atoms with Gasteiger partial charge in [0.1, 0.15) is 0 Å². The average Bonchev–Trinajstić information content (AvgIpc) is 2.39. The fourth-order valence-electron chi connectivity index (χ4n) is 2.40. The van der Waals surface area contributed by atoms with Crippen LogP contribution in [0.1, 0.15) is 37.5 Å². The molecule has 1 saturated heterocycles. The van der Waals surface area contributed by atoms with Crippen molar-refractivity contribution in [2.24, 2.45) is 0 Å². The van der Waals surface area contributed by atoms with Crippen LogP contribution in [0.25, 0.3) is 0 Å². The number of aliphatic hydroxyl groups excluding tert-OH is 1. The van der Waals surface area contributed by atoms with Gasteiger partial charge in [0, 0.05) is 12.1 Å². The standard InChI is InChI=1S/C15H23NO2/c1-3-12-4-6-13(7-5-12)15(17)8-14-10-18-9-11(2)16-14/h4-7,11,14-17H,3,8-10H2,1-2H3. The lowest BCUT2D eigenvalue weighted by Crippen LogP contribution is -2.47. The highest BCUT2D eigenvalue weighted by molar-refractivity contribution is 5.24. The first kappa shape index (κ1) is 13.5. The fourth-order valence-corrected chi connectivity index (χ4v) is 2.40. The lowest BCUT2D eigenvalue weighted by atomic mass is 9.99. The van der Waals surface area contributed by atoms with Crippen LogP contribution in [0.2, 0.25) is 0 Å². The zero-order chi connectivity index (χ0) is 13.0. The minimum atomic E-state index is -0.415. The first-order valence-electron chi connectivity index (χ1n) is 6.79. The molecule has 2 N–H and O–H groups in total. The average molecular weight is 249 g/mol. The van der Waals surface area contributed by atoms with Gasteiger partial charge in [0.25, 0.3) is 0 Å². The molecular formula is C15H23NO2. The van der Waals surface area contributed by atoms with E-state index < -0.39 is 6.10 Å². The Morgan fingerprint density at radius 1 is 1.33 bits per heavy atom. The van der Waals surface area contributed by atoms with E-state index in [4.69, 9.17) is 4.74 Å². The van der Waals surface area contributed by atoms with Crippen molar-refractivity contribution >= 4 is 0 Å². The van der Waals surface area contributed by atoms with Gasteiger partial charge in [-0.3, -0.25) is 0 Å². The number of hydrogen-bond acceptors (Lipinski definition) is 3. The highest BCUT2D eigenvalue weighted by Gasteiger charge is 2.21. The summed E-state index contributed by atoms with van der Waals surface area (Å²) in [5.74, 6) is 0. The zero-order valence-corrected chi connectivity index (χ0v) is 11.2. The third-order valence-electron chi connectivity index (χ3n) is 3.49. The smallest absolute Gasteiger partial charge is 0.0805 e. The van der Waals surface area contributed by atoms with E-state index in [-0.39, 0.29) is 6.04 Å². The van der Waals surface area contributed by atoms with Gasteiger partial charge in [-0.2, -0.15) is 0 Å². The topological polar surface area (TPSA) is 41.5 Å². The van der Waals surface area contributed by atoms with Gasteiger partial charge in [-0.15, -0.1) is 0 Å². The van der Waals surface area contributed by atoms with Crippen LogP contribution < -0.4 is 5.32 Å². The minimum Gasteiger partial charge on any atom is -0.388 e. The minimum absolute atomic E-state index is 0.245. The molecule has 0 spiro atoms. The number of aryl methyl sites for hydroxylation is 1. The molecule has 3 unspecified atom stereocenters. The highest BCUT2D eigenvalue weighted by atomic mass is 16.5. The number of benzene rings is 1. The van der Waals surface area contributed by atoms with E-state index in [1.54, 1.807) is 0 Å². The van der Waals surface area contributed by atoms with Gasteiger partial charge in [-0.25, -0.2) is 0 Å². The molecule has 0 radical (unpaired) electrons. The van der Waals surface area contributed by atoms with Gasteiger partial charge in [0.2, 0.25) is 0 Å². The summed E-state index contributed by atoms with van der Waals surface area (Å²) in [7, 11) is 0. The van der Waals surface area contributed by atoms with Gasteiger partial charge in [-0.05, 0) is 30.9 Å². The van der Waals surface area contributed by atoms with E-state index in [9.17, 15) is 5.11 Å². The van der Waals surface area contributed by atoms with Gasteiger partial charge >= 0.3 is 0 Å². The summed E-state index contributed by atoms with van der Waals surface area (Å²) in [6.07, 6.45) is 1.32. The summed E-state index contributed by atoms with van der Waals surface area (Å²) in [5, 5.41) is 13.7. The number of rotatable bonds is 4. The van der Waals surface area contributed by atoms with Crippen LogP contribution in [0.15, 0.2) is 24.3 Å². The molecule has 0 saturated carbocycles. The van der Waals surface area contributed by atoms with Crippen LogP contribution in [0.4, 0.5) is 0 Å². The van der Waals surface area contributed by atoms with Crippen LogP contribution in [-0.2, 0) is 11.2 Å². The van der Waals surface area contributed by atoms with Crippen LogP contribution in [0.3, 0.4) is 0 Å². The monoisotopic (exact) mass is 249 g/mol. The van der Waals surface area contributed by atoms with Gasteiger partial charge < -0.3 is 15.2 Å². The van der Waals surface area contributed by atoms with E-state index in [1.807, 2.05) is 12.1 Å². The Balaban J connectivity index is 1.91. The molecule has 1 aliphatic rings. The molecule has 100 valence electrons. The van der Waals surface area contributed by atoms with Crippen LogP contribution >= 0.6 is 0 Å². The molecule has 1 aliphatic heterocycles. The summed E-state index contributed by atoms with van der Waals surface area (Å²) in [6, 6.07) is 8.85. The SMILES string of the molecule is CCc1ccc(C(O)CC2COCC(C)N2)cc1. The van der Waals surface area contributed by atoms with Crippen LogP contribution in [0, 0.1) is 0 Å². The number of ether oxygens (including phenoxy) is 1. The molecule has 18 heavy (non-hydrogen) atoms. The molecule has 3 atom stereocenters. The summed E-state index contributed by atoms with van der Waals surface area (Å²) in [6.45, 7) is 5.69. The molecule has 1 aromatic rings. The second kappa shape index (κ2) is 6.32. The number of aliphatic hydroxyl groups is 1. The molecule has 1 aromatic carbocycles. The van der Waals surface area contributed by atoms with Crippen LogP contribution in [-0.4, -0.2) is 30.4 Å². The number of nitrogens with one attached hydrogen (secondary N) is 1. The Hall–Kier alpha value is -0.900. The Kier molecular flexibility index (Phi) is 4.75. The van der Waals surface area contributed by atoms with Crippen molar-refractivity contribution in [3.05, 3.63) is 35.4 Å². The van der Waals surface area contributed by atoms with Crippen molar-refractivity contribution < 1.29 is 9.84 Å². The maximum atomic E-state index is 10.2. The molecule has 1 heterocycles. The Morgan fingerprint density at radius 2 is 2.06 bits per heavy atom. The summed E-state index contributed by atoms with van der Waals surface area (Å²) < 4.78 is 5.49. The number of hydrogen-bond donors (Lipinski definition) is 2. The van der Waals surface area contributed by atoms with E-state index in [0.717, 1.165) is 18.6 Å². The van der Waals surface area contributed by atoms with Crippen molar-refractivity contribution in [1.29, 1.82) is 0 Å². The lowest BCUT2D eigenvalue weighted by Gasteiger charge is -2.30. The van der Waals surface area contributed by atoms with Gasteiger partial charge in [-0.1, -0.05) is 31.2 Å². The first-order valence-corrected chi connectivity index (χ1v) is 6.79. The van der Waals surface area contributed by atoms with Crippen molar-refractivity contribution in [1.82, 2.24) is 5.32 Å². The van der Waals surface area contributed by atoms with Crippen LogP contribution in [0.5, 0.6) is 0 Å². The first-order chi connectivity index (χ1) is 8.69. The fraction of sp³-hybridized carbons (Fsp3) is 0.600. The van der Waals surface area contributed by atoms with Gasteiger partial charge in [0.15, 0.2) is 0 Å². The third kappa shape index (κ3) is 3.55. The maximum absolute atomic E-state index is 10.2. The molecule has 0 aromatic heterocycles. The van der Waals surface area contributed by atoms with Crippen molar-refractivity contribution in [2.45, 2.75) is 44.9 Å². The molecule has 0 aliphatic carbocycles. The molecule has 2 rings (SSSR count). The highest BCUT2D eigenvalue weighted by Crippen LogP contribution is 2.20. The number of morpholine rings is 1. The Labute approximate surface area is 109 Å². The Bertz CT molecular complexity index is 363. The van der Waals surface area contributed by atoms with Crippen molar-refractivity contribution in [2.75, 3.05) is 13.2 Å². The van der Waals surface area contributed by atoms with Crippen molar-refractivity contribution in [3.8, 4) is 0 Å². The van der Waals surface area contributed by atoms with Gasteiger partial charge in [0.05, 0.1) is 19.3 Å². The molecule has 1 fully saturated rings. The van der Waals surface area contributed by atoms with E-state index in [2.05, 4.69) is 31.3 Å². The normalized spacial score (nSPS) is 25.9. The second-order valence-corrected chi connectivity index (χ2v) is 5.15. The lowest BCUT2D eigenvalue weighted by molar-refractivity contribution is 0.0304. The molecule has 3 heteroatoms. The predicted molar refractivity (Wildman–Crippen MR) is 72.6 cm³/mol. The van der Waals surface area contributed by atoms with Crippen molar-refractivity contribution in [3.63, 3.8) is 0 Å². The summed E-state index contributed by atoms with van der Waals surface area (Å²) in [5.41, 5.74) is 2.30. The predicted octanol–water partition coefficient (Wildman–Crippen LogP) is 2.05. The third-order valence-corrected chi connectivity index (χ3v) is 3.49. The molecule has 0 amide bonds. The summed E-state index contributed by atoms with van der Waals surface area (Å²) >= 11 is 0. The molecule has 3 nitrogen and oxygen atoms in total. The zero-order valence-electron chi connectivity index (χ0n) is 11.2. The quantitative estimate of drug-likeness (QED) is 0.858. The van der Waals surface area contributed by atoms with E-state index >= 15 is 0 Å². The summed E-state index contributed by atoms with van der Waals surface area (Å²) in [4.78, 5) is 0. The molecular weight excluding hydrogens is 226 g/mol. The second-order valence-electron chi connectivity index (χ2n) is 5.15. The largest absolute Gasteiger partial charge is 0.388 e. The van der Waals surface area contributed by atoms with E-state index in [1.165, 1.54) is 5.56 Å².